The molecule has 25 heavy (non-hydrogen) atoms. The Kier molecular flexibility index (Phi) is 3.46. The van der Waals surface area contributed by atoms with Gasteiger partial charge < -0.3 is 19.7 Å². The molecule has 2 N–H and O–H groups in total. The van der Waals surface area contributed by atoms with Crippen LogP contribution in [0.25, 0.3) is 0 Å². The van der Waals surface area contributed by atoms with E-state index in [0.29, 0.717) is 17.9 Å². The topological polar surface area (TPSA) is 76.0 Å². The summed E-state index contributed by atoms with van der Waals surface area (Å²) >= 11 is 0. The summed E-state index contributed by atoms with van der Waals surface area (Å²) in [6.45, 7) is 5.80. The van der Waals surface area contributed by atoms with Crippen LogP contribution in [-0.2, 0) is 6.42 Å². The van der Waals surface area contributed by atoms with E-state index in [1.165, 1.54) is 6.07 Å². The zero-order valence-corrected chi connectivity index (χ0v) is 13.8. The van der Waals surface area contributed by atoms with Crippen molar-refractivity contribution >= 4 is 5.78 Å². The Balaban J connectivity index is 1.77. The Morgan fingerprint density at radius 3 is 2.56 bits per heavy atom. The minimum absolute atomic E-state index is 0.120. The van der Waals surface area contributed by atoms with Crippen LogP contribution in [0.3, 0.4) is 0 Å². The van der Waals surface area contributed by atoms with Gasteiger partial charge in [-0.1, -0.05) is 18.7 Å². The second-order valence-corrected chi connectivity index (χ2v) is 6.56. The Morgan fingerprint density at radius 2 is 1.88 bits per heavy atom. The SMILES string of the molecule is C=C(C)C1Cc2c(cc(O)c3c2O[C@H](c2ccc(O)cc2)CC3=O)O1. The number of ketones is 1. The summed E-state index contributed by atoms with van der Waals surface area (Å²) < 4.78 is 11.9. The van der Waals surface area contributed by atoms with Crippen LogP contribution in [-0.4, -0.2) is 22.1 Å². The van der Waals surface area contributed by atoms with Crippen LogP contribution in [0.4, 0.5) is 0 Å². The molecule has 0 saturated carbocycles. The normalized spacial score (nSPS) is 21.1. The number of benzene rings is 2. The van der Waals surface area contributed by atoms with Crippen LogP contribution in [0.5, 0.6) is 23.0 Å². The number of phenols is 2. The Hall–Kier alpha value is -2.95. The quantitative estimate of drug-likeness (QED) is 0.817. The Bertz CT molecular complexity index is 882. The second-order valence-electron chi connectivity index (χ2n) is 6.56. The third kappa shape index (κ3) is 2.52. The average Bonchev–Trinajstić information content (AvgIpc) is 2.99. The molecule has 2 heterocycles. The fourth-order valence-electron chi connectivity index (χ4n) is 3.34. The first-order valence-corrected chi connectivity index (χ1v) is 8.13. The van der Waals surface area contributed by atoms with Crippen molar-refractivity contribution < 1.29 is 24.5 Å². The monoisotopic (exact) mass is 338 g/mol. The summed E-state index contributed by atoms with van der Waals surface area (Å²) in [7, 11) is 0. The molecule has 0 bridgehead atoms. The van der Waals surface area contributed by atoms with Gasteiger partial charge in [-0.15, -0.1) is 0 Å². The predicted octanol–water partition coefficient (Wildman–Crippen LogP) is 3.68. The van der Waals surface area contributed by atoms with Crippen LogP contribution in [0.1, 0.15) is 40.9 Å². The van der Waals surface area contributed by atoms with Crippen molar-refractivity contribution in [2.24, 2.45) is 0 Å². The van der Waals surface area contributed by atoms with E-state index in [0.717, 1.165) is 16.7 Å². The van der Waals surface area contributed by atoms with Gasteiger partial charge in [-0.05, 0) is 30.2 Å². The zero-order chi connectivity index (χ0) is 17.7. The molecule has 0 aliphatic carbocycles. The van der Waals surface area contributed by atoms with Gasteiger partial charge in [-0.25, -0.2) is 0 Å². The molecule has 0 amide bonds. The lowest BCUT2D eigenvalue weighted by atomic mass is 9.92. The van der Waals surface area contributed by atoms with Gasteiger partial charge in [0.25, 0.3) is 0 Å². The van der Waals surface area contributed by atoms with Crippen molar-refractivity contribution in [1.29, 1.82) is 0 Å². The van der Waals surface area contributed by atoms with Gasteiger partial charge in [0.2, 0.25) is 0 Å². The van der Waals surface area contributed by atoms with Crippen molar-refractivity contribution in [3.8, 4) is 23.0 Å². The number of hydrogen-bond donors (Lipinski definition) is 2. The highest BCUT2D eigenvalue weighted by molar-refractivity contribution is 6.03. The number of Topliss-reactive ketones (excluding diaryl/α,β-unsaturated/α-hetero) is 1. The van der Waals surface area contributed by atoms with Gasteiger partial charge in [0.1, 0.15) is 40.8 Å². The van der Waals surface area contributed by atoms with E-state index < -0.39 is 6.10 Å². The number of rotatable bonds is 2. The summed E-state index contributed by atoms with van der Waals surface area (Å²) in [6, 6.07) is 8.07. The molecule has 5 nitrogen and oxygen atoms in total. The van der Waals surface area contributed by atoms with Crippen molar-refractivity contribution in [3.63, 3.8) is 0 Å². The molecule has 5 heteroatoms. The van der Waals surface area contributed by atoms with Crippen molar-refractivity contribution in [1.82, 2.24) is 0 Å². The highest BCUT2D eigenvalue weighted by Gasteiger charge is 2.37. The third-order valence-electron chi connectivity index (χ3n) is 4.71. The molecular formula is C20H18O5. The highest BCUT2D eigenvalue weighted by atomic mass is 16.5. The lowest BCUT2D eigenvalue weighted by molar-refractivity contribution is 0.0843. The van der Waals surface area contributed by atoms with Crippen molar-refractivity contribution in [2.75, 3.05) is 0 Å². The Morgan fingerprint density at radius 1 is 1.16 bits per heavy atom. The molecule has 4 rings (SSSR count). The molecule has 128 valence electrons. The van der Waals surface area contributed by atoms with E-state index in [4.69, 9.17) is 9.47 Å². The number of carbonyl (C=O) groups is 1. The van der Waals surface area contributed by atoms with Gasteiger partial charge in [0.15, 0.2) is 5.78 Å². The fourth-order valence-corrected chi connectivity index (χ4v) is 3.34. The molecule has 0 fully saturated rings. The molecule has 0 aromatic heterocycles. The van der Waals surface area contributed by atoms with Crippen molar-refractivity contribution in [2.45, 2.75) is 32.0 Å². The molecule has 2 aromatic rings. The summed E-state index contributed by atoms with van der Waals surface area (Å²) in [5, 5.41) is 19.7. The van der Waals surface area contributed by atoms with Gasteiger partial charge in [-0.2, -0.15) is 0 Å². The van der Waals surface area contributed by atoms with Crippen LogP contribution in [0.15, 0.2) is 42.5 Å². The summed E-state index contributed by atoms with van der Waals surface area (Å²) in [5.74, 6) is 0.794. The number of fused-ring (bicyclic) bond motifs is 3. The van der Waals surface area contributed by atoms with E-state index in [-0.39, 0.29) is 35.4 Å². The van der Waals surface area contributed by atoms with E-state index in [1.807, 2.05) is 6.92 Å². The van der Waals surface area contributed by atoms with Crippen LogP contribution in [0, 0.1) is 0 Å². The molecule has 2 aliphatic heterocycles. The van der Waals surface area contributed by atoms with E-state index >= 15 is 0 Å². The van der Waals surface area contributed by atoms with Crippen LogP contribution >= 0.6 is 0 Å². The smallest absolute Gasteiger partial charge is 0.174 e. The highest BCUT2D eigenvalue weighted by Crippen LogP contribution is 2.48. The van der Waals surface area contributed by atoms with Crippen LogP contribution < -0.4 is 9.47 Å². The third-order valence-corrected chi connectivity index (χ3v) is 4.71. The molecular weight excluding hydrogens is 320 g/mol. The zero-order valence-electron chi connectivity index (χ0n) is 13.8. The first-order valence-electron chi connectivity index (χ1n) is 8.13. The van der Waals surface area contributed by atoms with Gasteiger partial charge in [-0.3, -0.25) is 4.79 Å². The first kappa shape index (κ1) is 15.6. The van der Waals surface area contributed by atoms with Gasteiger partial charge in [0.05, 0.1) is 6.42 Å². The predicted molar refractivity (Wildman–Crippen MR) is 91.5 cm³/mol. The number of ether oxygens (including phenoxy) is 2. The second kappa shape index (κ2) is 5.55. The fraction of sp³-hybridized carbons (Fsp3) is 0.250. The van der Waals surface area contributed by atoms with Crippen molar-refractivity contribution in [3.05, 3.63) is 59.2 Å². The molecule has 2 aliphatic rings. The van der Waals surface area contributed by atoms with E-state index in [9.17, 15) is 15.0 Å². The molecule has 2 aromatic carbocycles. The summed E-state index contributed by atoms with van der Waals surface area (Å²) in [4.78, 5) is 12.6. The van der Waals surface area contributed by atoms with Gasteiger partial charge >= 0.3 is 0 Å². The lowest BCUT2D eigenvalue weighted by Gasteiger charge is -2.27. The summed E-state index contributed by atoms with van der Waals surface area (Å²) in [5.41, 5.74) is 2.68. The standard InChI is InChI=1S/C20H18O5/c1-10(2)16-7-13-18(24-16)9-15(23)19-14(22)8-17(25-20(13)19)11-3-5-12(21)6-4-11/h3-6,9,16-17,21,23H,1,7-8H2,2H3/t16?,17-/m0/s1. The lowest BCUT2D eigenvalue weighted by Crippen LogP contribution is -2.21. The molecule has 0 spiro atoms. The molecule has 1 unspecified atom stereocenters. The number of aromatic hydroxyl groups is 2. The average molecular weight is 338 g/mol. The largest absolute Gasteiger partial charge is 0.508 e. The summed E-state index contributed by atoms with van der Waals surface area (Å²) in [6.07, 6.45) is 0.0432. The molecule has 0 radical (unpaired) electrons. The minimum Gasteiger partial charge on any atom is -0.508 e. The maximum atomic E-state index is 12.6. The van der Waals surface area contributed by atoms with E-state index in [2.05, 4.69) is 6.58 Å². The minimum atomic E-state index is -0.463. The van der Waals surface area contributed by atoms with Crippen LogP contribution in [0.2, 0.25) is 0 Å². The first-order chi connectivity index (χ1) is 11.9. The maximum Gasteiger partial charge on any atom is 0.174 e. The van der Waals surface area contributed by atoms with E-state index in [1.54, 1.807) is 24.3 Å². The number of carbonyl (C=O) groups excluding carboxylic acids is 1. The molecule has 2 atom stereocenters. The number of phenolic OH excluding ortho intramolecular Hbond substituents is 2. The van der Waals surface area contributed by atoms with Gasteiger partial charge in [0, 0.05) is 18.1 Å². The Labute approximate surface area is 145 Å². The number of hydrogen-bond acceptors (Lipinski definition) is 5. The maximum absolute atomic E-state index is 12.6. The molecule has 0 saturated heterocycles.